The van der Waals surface area contributed by atoms with Gasteiger partial charge >= 0.3 is 0 Å². The minimum atomic E-state index is -1.15. The second kappa shape index (κ2) is 6.05. The Labute approximate surface area is 121 Å². The Morgan fingerprint density at radius 3 is 1.06 bits per heavy atom. The molecule has 0 rings (SSSR count). The van der Waals surface area contributed by atoms with E-state index >= 15 is 0 Å². The third-order valence-electron chi connectivity index (χ3n) is 4.28. The monoisotopic (exact) mass is 327 g/mol. The van der Waals surface area contributed by atoms with Crippen LogP contribution in [0.4, 0.5) is 0 Å². The summed E-state index contributed by atoms with van der Waals surface area (Å²) in [5.74, 6) is 0. The summed E-state index contributed by atoms with van der Waals surface area (Å²) in [5, 5.41) is 0. The van der Waals surface area contributed by atoms with E-state index in [4.69, 9.17) is 0 Å². The average Bonchev–Trinajstić information content (AvgIpc) is 1.91. The van der Waals surface area contributed by atoms with E-state index in [1.807, 2.05) is 0 Å². The molecular formula is C11H34ClNSi4. The molecule has 0 heterocycles. The van der Waals surface area contributed by atoms with Crippen LogP contribution in [-0.2, 0) is 0 Å². The lowest BCUT2D eigenvalue weighted by atomic mass is 10.8. The molecule has 6 heteroatoms. The highest BCUT2D eigenvalue weighted by molar-refractivity contribution is 7.15. The highest BCUT2D eigenvalue weighted by Crippen LogP contribution is 2.53. The van der Waals surface area contributed by atoms with Crippen LogP contribution >= 0.6 is 12.4 Å². The van der Waals surface area contributed by atoms with E-state index in [0.717, 1.165) is 10.4 Å². The molecule has 0 aromatic rings. The van der Waals surface area contributed by atoms with Crippen molar-refractivity contribution >= 4 is 47.0 Å². The van der Waals surface area contributed by atoms with Crippen molar-refractivity contribution in [1.29, 1.82) is 0 Å². The Balaban J connectivity index is 0. The van der Waals surface area contributed by atoms with Crippen LogP contribution in [0, 0.1) is 0 Å². The van der Waals surface area contributed by atoms with Gasteiger partial charge in [-0.1, -0.05) is 58.9 Å². The minimum Gasteiger partial charge on any atom is -0.345 e. The van der Waals surface area contributed by atoms with Gasteiger partial charge in [0.15, 0.2) is 0 Å². The van der Waals surface area contributed by atoms with Gasteiger partial charge in [0.05, 0.1) is 10.4 Å². The van der Waals surface area contributed by atoms with Crippen molar-refractivity contribution in [2.75, 3.05) is 6.54 Å². The first-order valence-electron chi connectivity index (χ1n) is 6.46. The third kappa shape index (κ3) is 3.79. The number of hydrogen-bond donors (Lipinski definition) is 1. The van der Waals surface area contributed by atoms with Gasteiger partial charge in [-0.05, 0) is 10.8 Å². The van der Waals surface area contributed by atoms with Crippen LogP contribution in [0.25, 0.3) is 0 Å². The normalized spacial score (nSPS) is 14.6. The van der Waals surface area contributed by atoms with E-state index in [0.29, 0.717) is 4.28 Å². The Bertz CT molecular complexity index is 201. The van der Waals surface area contributed by atoms with E-state index in [1.165, 1.54) is 6.54 Å². The van der Waals surface area contributed by atoms with Crippen LogP contribution in [0.3, 0.4) is 0 Å². The van der Waals surface area contributed by atoms with Gasteiger partial charge in [-0.15, -0.1) is 12.4 Å². The molecule has 0 radical (unpaired) electrons. The van der Waals surface area contributed by atoms with Gasteiger partial charge in [0.25, 0.3) is 0 Å². The summed E-state index contributed by atoms with van der Waals surface area (Å²) in [4.78, 5) is 3.67. The smallest absolute Gasteiger partial charge is 0.0749 e. The minimum absolute atomic E-state index is 0. The predicted octanol–water partition coefficient (Wildman–Crippen LogP) is 3.11. The van der Waals surface area contributed by atoms with Crippen molar-refractivity contribution in [3.05, 3.63) is 0 Å². The van der Waals surface area contributed by atoms with Gasteiger partial charge in [0, 0.05) is 24.2 Å². The summed E-state index contributed by atoms with van der Waals surface area (Å²) in [6.07, 6.45) is 0. The summed E-state index contributed by atoms with van der Waals surface area (Å²) in [7, 11) is -2.30. The quantitative estimate of drug-likeness (QED) is 0.765. The molecule has 0 unspecified atom stereocenters. The second-order valence-electron chi connectivity index (χ2n) is 8.19. The summed E-state index contributed by atoms with van der Waals surface area (Å²) in [6, 6.07) is 0. The van der Waals surface area contributed by atoms with Gasteiger partial charge in [0.1, 0.15) is 0 Å². The van der Waals surface area contributed by atoms with Crippen molar-refractivity contribution < 1.29 is 0 Å². The molecule has 0 saturated heterocycles. The third-order valence-corrected chi connectivity index (χ3v) is 26.3. The molecule has 0 aliphatic heterocycles. The lowest BCUT2D eigenvalue weighted by molar-refractivity contribution is 0.832. The van der Waals surface area contributed by atoms with Crippen LogP contribution in [0.1, 0.15) is 0 Å². The van der Waals surface area contributed by atoms with E-state index in [-0.39, 0.29) is 12.4 Å². The number of rotatable bonds is 5. The molecule has 0 aliphatic carbocycles. The zero-order valence-electron chi connectivity index (χ0n) is 13.6. The molecule has 17 heavy (non-hydrogen) atoms. The maximum atomic E-state index is 3.67. The van der Waals surface area contributed by atoms with Crippen molar-refractivity contribution in [1.82, 2.24) is 4.98 Å². The van der Waals surface area contributed by atoms with E-state index in [9.17, 15) is 0 Å². The fraction of sp³-hybridized carbons (Fsp3) is 1.00. The average molecular weight is 328 g/mol. The number of nitrogens with one attached hydrogen (secondary N) is 1. The highest BCUT2D eigenvalue weighted by atomic mass is 35.5. The van der Waals surface area contributed by atoms with Crippen LogP contribution in [-0.4, -0.2) is 41.2 Å². The van der Waals surface area contributed by atoms with Crippen LogP contribution in [0.5, 0.6) is 0 Å². The maximum absolute atomic E-state index is 3.67. The van der Waals surface area contributed by atoms with Crippen molar-refractivity contribution in [2.45, 2.75) is 63.2 Å². The molecule has 106 valence electrons. The number of hydrogen-bond acceptors (Lipinski definition) is 1. The van der Waals surface area contributed by atoms with Gasteiger partial charge in [-0.25, -0.2) is 0 Å². The Kier molecular flexibility index (Phi) is 7.27. The SMILES string of the molecule is C[Si](C)(C)C(CN[SiH3])([Si](C)(C)C)[Si](C)(C)C.Cl. The molecule has 0 saturated carbocycles. The maximum Gasteiger partial charge on any atom is 0.0749 e. The largest absolute Gasteiger partial charge is 0.345 e. The standard InChI is InChI=1S/C11H33NSi4.ClH/c1-14(2,3)11(10-12-13,15(4,5)6)16(7,8)9;/h12H,10H2,1-9,13H3;1H. The van der Waals surface area contributed by atoms with Crippen molar-refractivity contribution in [2.24, 2.45) is 0 Å². The second-order valence-corrected chi connectivity index (χ2v) is 26.5. The summed E-state index contributed by atoms with van der Waals surface area (Å²) in [6.45, 7) is 24.7. The summed E-state index contributed by atoms with van der Waals surface area (Å²) >= 11 is 0. The number of halogens is 1. The lowest BCUT2D eigenvalue weighted by Gasteiger charge is -2.59. The van der Waals surface area contributed by atoms with Crippen molar-refractivity contribution in [3.63, 3.8) is 0 Å². The molecule has 0 spiro atoms. The summed E-state index contributed by atoms with van der Waals surface area (Å²) in [5.41, 5.74) is 0. The topological polar surface area (TPSA) is 12.0 Å². The lowest BCUT2D eigenvalue weighted by Crippen LogP contribution is -2.69. The highest BCUT2D eigenvalue weighted by Gasteiger charge is 2.58. The molecule has 0 atom stereocenters. The predicted molar refractivity (Wildman–Crippen MR) is 97.9 cm³/mol. The van der Waals surface area contributed by atoms with Gasteiger partial charge in [-0.3, -0.25) is 0 Å². The molecule has 0 aliphatic rings. The molecule has 0 bridgehead atoms. The fourth-order valence-corrected chi connectivity index (χ4v) is 35.1. The van der Waals surface area contributed by atoms with Gasteiger partial charge in [0.2, 0.25) is 0 Å². The first-order chi connectivity index (χ1) is 6.81. The molecule has 1 nitrogen and oxygen atoms in total. The molecule has 0 amide bonds. The van der Waals surface area contributed by atoms with Crippen molar-refractivity contribution in [3.8, 4) is 0 Å². The molecule has 0 aromatic carbocycles. The molecule has 0 aromatic heterocycles. The molecule has 1 N–H and O–H groups in total. The van der Waals surface area contributed by atoms with E-state index in [2.05, 4.69) is 63.9 Å². The van der Waals surface area contributed by atoms with Crippen LogP contribution < -0.4 is 4.98 Å². The van der Waals surface area contributed by atoms with Crippen LogP contribution in [0.2, 0.25) is 63.2 Å². The van der Waals surface area contributed by atoms with E-state index < -0.39 is 24.2 Å². The first-order valence-corrected chi connectivity index (χ1v) is 18.0. The Morgan fingerprint density at radius 1 is 0.765 bits per heavy atom. The van der Waals surface area contributed by atoms with Crippen LogP contribution in [0.15, 0.2) is 0 Å². The van der Waals surface area contributed by atoms with Gasteiger partial charge < -0.3 is 4.98 Å². The Hall–Kier alpha value is 1.12. The van der Waals surface area contributed by atoms with Gasteiger partial charge in [-0.2, -0.15) is 0 Å². The van der Waals surface area contributed by atoms with E-state index in [1.54, 1.807) is 0 Å². The fourth-order valence-electron chi connectivity index (χ4n) is 4.44. The summed E-state index contributed by atoms with van der Waals surface area (Å²) < 4.78 is 0.703. The zero-order chi connectivity index (χ0) is 13.4. The zero-order valence-corrected chi connectivity index (χ0v) is 19.4. The first kappa shape index (κ1) is 20.4. The Morgan fingerprint density at radius 2 is 1.00 bits per heavy atom. The molecular weight excluding hydrogens is 294 g/mol. The molecule has 0 fully saturated rings.